The number of rotatable bonds is 3. The molecule has 0 amide bonds. The van der Waals surface area contributed by atoms with Gasteiger partial charge in [-0.05, 0) is 18.9 Å². The van der Waals surface area contributed by atoms with E-state index in [4.69, 9.17) is 11.6 Å². The minimum absolute atomic E-state index is 0.0891. The van der Waals surface area contributed by atoms with Crippen molar-refractivity contribution in [3.63, 3.8) is 0 Å². The molecule has 0 radical (unpaired) electrons. The van der Waals surface area contributed by atoms with Crippen LogP contribution in [0.2, 0.25) is 5.15 Å². The second kappa shape index (κ2) is 5.54. The maximum atomic E-state index is 13.9. The van der Waals surface area contributed by atoms with Crippen LogP contribution in [0.15, 0.2) is 18.2 Å². The molecule has 20 heavy (non-hydrogen) atoms. The van der Waals surface area contributed by atoms with E-state index in [2.05, 4.69) is 5.10 Å². The number of aliphatic hydroxyl groups excluding tert-OH is 1. The highest BCUT2D eigenvalue weighted by Crippen LogP contribution is 2.35. The summed E-state index contributed by atoms with van der Waals surface area (Å²) < 4.78 is 15.4. The van der Waals surface area contributed by atoms with E-state index in [0.717, 1.165) is 5.56 Å². The van der Waals surface area contributed by atoms with Gasteiger partial charge in [-0.15, -0.1) is 0 Å². The van der Waals surface area contributed by atoms with Gasteiger partial charge in [0.1, 0.15) is 17.1 Å². The van der Waals surface area contributed by atoms with E-state index in [1.807, 2.05) is 20.8 Å². The molecule has 1 N–H and O–H groups in total. The number of aliphatic hydroxyl groups is 1. The number of nitrogens with zero attached hydrogens (tertiary/aromatic N) is 2. The molecule has 1 aromatic heterocycles. The lowest BCUT2D eigenvalue weighted by Crippen LogP contribution is -2.06. The molecule has 5 heteroatoms. The van der Waals surface area contributed by atoms with E-state index in [1.165, 1.54) is 10.7 Å². The predicted octanol–water partition coefficient (Wildman–Crippen LogP) is 3.73. The van der Waals surface area contributed by atoms with Crippen molar-refractivity contribution in [2.45, 2.75) is 32.8 Å². The standard InChI is InChI=1S/C15H18ClFN2O/c1-8(2)13-12(15(16)19(4)18-13)14(20)10-7-9(3)5-6-11(10)17/h5-8,14,20H,1-4H3. The fourth-order valence-electron chi connectivity index (χ4n) is 2.25. The Hall–Kier alpha value is -1.39. The zero-order valence-electron chi connectivity index (χ0n) is 12.0. The molecule has 0 saturated heterocycles. The molecule has 0 fully saturated rings. The summed E-state index contributed by atoms with van der Waals surface area (Å²) in [5.41, 5.74) is 2.27. The smallest absolute Gasteiger partial charge is 0.133 e. The van der Waals surface area contributed by atoms with Crippen molar-refractivity contribution >= 4 is 11.6 Å². The highest BCUT2D eigenvalue weighted by molar-refractivity contribution is 6.30. The molecule has 108 valence electrons. The molecule has 0 spiro atoms. The molecule has 1 aromatic carbocycles. The third-order valence-corrected chi connectivity index (χ3v) is 3.75. The van der Waals surface area contributed by atoms with E-state index < -0.39 is 11.9 Å². The highest BCUT2D eigenvalue weighted by atomic mass is 35.5. The minimum atomic E-state index is -1.12. The summed E-state index contributed by atoms with van der Waals surface area (Å²) in [6.07, 6.45) is -1.12. The average molecular weight is 297 g/mol. The molecule has 0 aliphatic heterocycles. The third-order valence-electron chi connectivity index (χ3n) is 3.31. The molecule has 0 aliphatic rings. The van der Waals surface area contributed by atoms with Gasteiger partial charge in [0.05, 0.1) is 5.69 Å². The van der Waals surface area contributed by atoms with Crippen molar-refractivity contribution in [1.29, 1.82) is 0 Å². The quantitative estimate of drug-likeness (QED) is 0.937. The fraction of sp³-hybridized carbons (Fsp3) is 0.400. The van der Waals surface area contributed by atoms with Crippen LogP contribution in [-0.2, 0) is 7.05 Å². The molecule has 1 unspecified atom stereocenters. The Bertz CT molecular complexity index is 637. The van der Waals surface area contributed by atoms with Crippen LogP contribution in [0.4, 0.5) is 4.39 Å². The second-order valence-electron chi connectivity index (χ2n) is 5.30. The Labute approximate surface area is 123 Å². The predicted molar refractivity (Wildman–Crippen MR) is 77.5 cm³/mol. The van der Waals surface area contributed by atoms with E-state index in [9.17, 15) is 9.50 Å². The van der Waals surface area contributed by atoms with Crippen LogP contribution in [0.3, 0.4) is 0 Å². The van der Waals surface area contributed by atoms with Gasteiger partial charge < -0.3 is 5.11 Å². The van der Waals surface area contributed by atoms with Crippen molar-refractivity contribution in [3.8, 4) is 0 Å². The van der Waals surface area contributed by atoms with Gasteiger partial charge in [0.2, 0.25) is 0 Å². The summed E-state index contributed by atoms with van der Waals surface area (Å²) in [4.78, 5) is 0. The normalized spacial score (nSPS) is 13.0. The number of halogens is 2. The lowest BCUT2D eigenvalue weighted by atomic mass is 9.96. The molecule has 0 saturated carbocycles. The van der Waals surface area contributed by atoms with Crippen molar-refractivity contribution in [1.82, 2.24) is 9.78 Å². The molecular weight excluding hydrogens is 279 g/mol. The molecule has 2 aromatic rings. The lowest BCUT2D eigenvalue weighted by Gasteiger charge is -2.15. The van der Waals surface area contributed by atoms with Crippen LogP contribution in [0.25, 0.3) is 0 Å². The van der Waals surface area contributed by atoms with E-state index in [1.54, 1.807) is 19.2 Å². The molecule has 3 nitrogen and oxygen atoms in total. The maximum absolute atomic E-state index is 13.9. The fourth-order valence-corrected chi connectivity index (χ4v) is 2.48. The van der Waals surface area contributed by atoms with Gasteiger partial charge in [-0.2, -0.15) is 5.10 Å². The van der Waals surface area contributed by atoms with Crippen molar-refractivity contribution in [3.05, 3.63) is 51.6 Å². The van der Waals surface area contributed by atoms with Gasteiger partial charge in [-0.3, -0.25) is 4.68 Å². The van der Waals surface area contributed by atoms with Crippen LogP contribution in [0.5, 0.6) is 0 Å². The van der Waals surface area contributed by atoms with Gasteiger partial charge in [0, 0.05) is 18.2 Å². The van der Waals surface area contributed by atoms with Crippen molar-refractivity contribution in [2.75, 3.05) is 0 Å². The van der Waals surface area contributed by atoms with Gasteiger partial charge in [-0.1, -0.05) is 43.1 Å². The first-order chi connectivity index (χ1) is 9.32. The van der Waals surface area contributed by atoms with Crippen LogP contribution in [-0.4, -0.2) is 14.9 Å². The summed E-state index contributed by atoms with van der Waals surface area (Å²) in [5.74, 6) is -0.357. The number of hydrogen-bond acceptors (Lipinski definition) is 2. The largest absolute Gasteiger partial charge is 0.383 e. The van der Waals surface area contributed by atoms with Gasteiger partial charge in [0.15, 0.2) is 0 Å². The number of aromatic nitrogens is 2. The SMILES string of the molecule is Cc1ccc(F)c(C(O)c2c(C(C)C)nn(C)c2Cl)c1. The van der Waals surface area contributed by atoms with Gasteiger partial charge in [-0.25, -0.2) is 4.39 Å². The number of aryl methyl sites for hydroxylation is 2. The molecular formula is C15H18ClFN2O. The Morgan fingerprint density at radius 2 is 2.00 bits per heavy atom. The van der Waals surface area contributed by atoms with Crippen LogP contribution >= 0.6 is 11.6 Å². The Balaban J connectivity index is 2.58. The van der Waals surface area contributed by atoms with Crippen LogP contribution in [0.1, 0.15) is 48.3 Å². The van der Waals surface area contributed by atoms with Crippen molar-refractivity contribution < 1.29 is 9.50 Å². The monoisotopic (exact) mass is 296 g/mol. The van der Waals surface area contributed by atoms with Crippen LogP contribution in [0, 0.1) is 12.7 Å². The summed E-state index contributed by atoms with van der Waals surface area (Å²) in [6.45, 7) is 5.77. The average Bonchev–Trinajstić information content (AvgIpc) is 2.68. The summed E-state index contributed by atoms with van der Waals surface area (Å²) in [5, 5.41) is 15.2. The van der Waals surface area contributed by atoms with E-state index in [-0.39, 0.29) is 11.5 Å². The first-order valence-corrected chi connectivity index (χ1v) is 6.87. The molecule has 0 bridgehead atoms. The lowest BCUT2D eigenvalue weighted by molar-refractivity contribution is 0.213. The topological polar surface area (TPSA) is 38.1 Å². The van der Waals surface area contributed by atoms with E-state index in [0.29, 0.717) is 16.4 Å². The number of hydrogen-bond donors (Lipinski definition) is 1. The minimum Gasteiger partial charge on any atom is -0.383 e. The van der Waals surface area contributed by atoms with Gasteiger partial charge in [0.25, 0.3) is 0 Å². The summed E-state index contributed by atoms with van der Waals surface area (Å²) in [6, 6.07) is 4.65. The Morgan fingerprint density at radius 3 is 2.60 bits per heavy atom. The maximum Gasteiger partial charge on any atom is 0.133 e. The van der Waals surface area contributed by atoms with Crippen LogP contribution < -0.4 is 0 Å². The Morgan fingerprint density at radius 1 is 1.35 bits per heavy atom. The third kappa shape index (κ3) is 2.58. The highest BCUT2D eigenvalue weighted by Gasteiger charge is 2.26. The first-order valence-electron chi connectivity index (χ1n) is 6.49. The van der Waals surface area contributed by atoms with Gasteiger partial charge >= 0.3 is 0 Å². The van der Waals surface area contributed by atoms with Crippen molar-refractivity contribution in [2.24, 2.45) is 7.05 Å². The second-order valence-corrected chi connectivity index (χ2v) is 5.65. The molecule has 0 aliphatic carbocycles. The molecule has 2 rings (SSSR count). The summed E-state index contributed by atoms with van der Waals surface area (Å²) >= 11 is 6.21. The Kier molecular flexibility index (Phi) is 4.16. The van der Waals surface area contributed by atoms with E-state index >= 15 is 0 Å². The zero-order valence-corrected chi connectivity index (χ0v) is 12.7. The molecule has 1 atom stereocenters. The zero-order chi connectivity index (χ0) is 15.0. The summed E-state index contributed by atoms with van der Waals surface area (Å²) in [7, 11) is 1.71. The first kappa shape index (κ1) is 15.0. The molecule has 1 heterocycles. The number of benzene rings is 1.